The lowest BCUT2D eigenvalue weighted by molar-refractivity contribution is -0.139. The fourth-order valence-electron chi connectivity index (χ4n) is 4.82. The van der Waals surface area contributed by atoms with Crippen molar-refractivity contribution in [1.29, 1.82) is 0 Å². The number of benzene rings is 3. The molecule has 1 aliphatic rings. The summed E-state index contributed by atoms with van der Waals surface area (Å²) in [5.41, 5.74) is 2.44. The number of phenolic OH excluding ortho intramolecular Hbond substituents is 1. The normalized spacial score (nSPS) is 16.7. The molecule has 1 aliphatic heterocycles. The van der Waals surface area contributed by atoms with Gasteiger partial charge in [-0.25, -0.2) is 4.39 Å². The first-order valence-corrected chi connectivity index (χ1v) is 12.8. The van der Waals surface area contributed by atoms with Crippen LogP contribution >= 0.6 is 0 Å². The number of nitrogens with zero attached hydrogens (tertiary/aromatic N) is 1. The number of carbonyl (C=O) groups is 2. The minimum atomic E-state index is -0.935. The summed E-state index contributed by atoms with van der Waals surface area (Å²) in [6, 6.07) is 14.7. The zero-order valence-corrected chi connectivity index (χ0v) is 22.4. The Labute approximate surface area is 227 Å². The van der Waals surface area contributed by atoms with Crippen molar-refractivity contribution < 1.29 is 33.7 Å². The number of aliphatic hydroxyl groups is 1. The largest absolute Gasteiger partial charge is 0.507 e. The Balaban J connectivity index is 1.84. The van der Waals surface area contributed by atoms with Gasteiger partial charge in [0.2, 0.25) is 0 Å². The molecule has 0 aromatic heterocycles. The second kappa shape index (κ2) is 11.6. The zero-order valence-electron chi connectivity index (χ0n) is 22.4. The van der Waals surface area contributed by atoms with Gasteiger partial charge in [0.15, 0.2) is 11.5 Å². The average Bonchev–Trinajstić information content (AvgIpc) is 3.18. The number of rotatable bonds is 9. The Kier molecular flexibility index (Phi) is 8.24. The molecule has 204 valence electrons. The van der Waals surface area contributed by atoms with Crippen LogP contribution in [0, 0.1) is 5.82 Å². The van der Waals surface area contributed by atoms with Crippen LogP contribution in [0.25, 0.3) is 5.76 Å². The Bertz CT molecular complexity index is 1410. The highest BCUT2D eigenvalue weighted by atomic mass is 19.1. The molecule has 8 heteroatoms. The fraction of sp³-hybridized carbons (Fsp3) is 0.290. The molecule has 1 saturated heterocycles. The maximum atomic E-state index is 13.4. The molecule has 1 amide bonds. The number of ketones is 1. The summed E-state index contributed by atoms with van der Waals surface area (Å²) >= 11 is 0. The number of aliphatic hydroxyl groups excluding tert-OH is 1. The number of ether oxygens (including phenoxy) is 2. The monoisotopic (exact) mass is 533 g/mol. The van der Waals surface area contributed by atoms with E-state index in [4.69, 9.17) is 9.47 Å². The lowest BCUT2D eigenvalue weighted by atomic mass is 9.93. The number of Topliss-reactive ketones (excluding diaryl/α,β-unsaturated/α-hetero) is 1. The van der Waals surface area contributed by atoms with Gasteiger partial charge in [0.25, 0.3) is 11.7 Å². The third kappa shape index (κ3) is 5.60. The summed E-state index contributed by atoms with van der Waals surface area (Å²) in [6.45, 7) is 6.19. The molecule has 0 aliphatic carbocycles. The third-order valence-corrected chi connectivity index (χ3v) is 6.82. The fourth-order valence-corrected chi connectivity index (χ4v) is 4.82. The minimum Gasteiger partial charge on any atom is -0.507 e. The van der Waals surface area contributed by atoms with Gasteiger partial charge in [0.05, 0.1) is 25.3 Å². The maximum Gasteiger partial charge on any atom is 0.295 e. The lowest BCUT2D eigenvalue weighted by Gasteiger charge is -2.26. The van der Waals surface area contributed by atoms with Gasteiger partial charge in [-0.1, -0.05) is 32.0 Å². The molecule has 1 unspecified atom stereocenters. The van der Waals surface area contributed by atoms with Gasteiger partial charge in [0.1, 0.15) is 17.3 Å². The molecule has 7 nitrogen and oxygen atoms in total. The summed E-state index contributed by atoms with van der Waals surface area (Å²) in [4.78, 5) is 28.2. The van der Waals surface area contributed by atoms with E-state index in [1.165, 1.54) is 23.1 Å². The van der Waals surface area contributed by atoms with Gasteiger partial charge in [0, 0.05) is 12.1 Å². The molecule has 39 heavy (non-hydrogen) atoms. The molecule has 1 atom stereocenters. The molecule has 4 rings (SSSR count). The molecule has 3 aromatic rings. The molecule has 0 saturated carbocycles. The van der Waals surface area contributed by atoms with Crippen molar-refractivity contribution in [2.45, 2.75) is 39.2 Å². The van der Waals surface area contributed by atoms with Gasteiger partial charge >= 0.3 is 0 Å². The standard InChI is InChI=1S/C31H32FNO6/c1-5-39-26-17-20(8-12-24(26)34)28-27(29(35)21-9-13-25(38-4)23(16-21)18(2)3)30(36)31(37)33(28)15-14-19-6-10-22(32)11-7-19/h6-13,16-18,28,34-35H,5,14-15H2,1-4H3/b29-27+. The predicted molar refractivity (Wildman–Crippen MR) is 145 cm³/mol. The number of hydrogen-bond acceptors (Lipinski definition) is 6. The Morgan fingerprint density at radius 3 is 2.38 bits per heavy atom. The summed E-state index contributed by atoms with van der Waals surface area (Å²) < 4.78 is 24.4. The second-order valence-corrected chi connectivity index (χ2v) is 9.64. The summed E-state index contributed by atoms with van der Waals surface area (Å²) in [5, 5.41) is 21.7. The quantitative estimate of drug-likeness (QED) is 0.207. The number of halogens is 1. The second-order valence-electron chi connectivity index (χ2n) is 9.64. The highest BCUT2D eigenvalue weighted by molar-refractivity contribution is 6.46. The Morgan fingerprint density at radius 1 is 1.03 bits per heavy atom. The van der Waals surface area contributed by atoms with E-state index in [1.807, 2.05) is 13.8 Å². The number of aromatic hydroxyl groups is 1. The number of methoxy groups -OCH3 is 1. The molecular weight excluding hydrogens is 501 g/mol. The molecule has 1 fully saturated rings. The van der Waals surface area contributed by atoms with Crippen LogP contribution in [0.2, 0.25) is 0 Å². The third-order valence-electron chi connectivity index (χ3n) is 6.82. The van der Waals surface area contributed by atoms with E-state index >= 15 is 0 Å². The van der Waals surface area contributed by atoms with Gasteiger partial charge in [-0.3, -0.25) is 9.59 Å². The molecule has 0 bridgehead atoms. The van der Waals surface area contributed by atoms with E-state index < -0.39 is 17.7 Å². The van der Waals surface area contributed by atoms with Crippen LogP contribution in [-0.2, 0) is 16.0 Å². The number of likely N-dealkylation sites (tertiary alicyclic amines) is 1. The van der Waals surface area contributed by atoms with Gasteiger partial charge in [-0.05, 0) is 78.4 Å². The Hall–Kier alpha value is -4.33. The first-order valence-electron chi connectivity index (χ1n) is 12.8. The van der Waals surface area contributed by atoms with Crippen molar-refractivity contribution in [3.8, 4) is 17.2 Å². The highest BCUT2D eigenvalue weighted by Gasteiger charge is 2.46. The van der Waals surface area contributed by atoms with Gasteiger partial charge in [-0.15, -0.1) is 0 Å². The molecule has 3 aromatic carbocycles. The Morgan fingerprint density at radius 2 is 1.74 bits per heavy atom. The van der Waals surface area contributed by atoms with Crippen molar-refractivity contribution in [1.82, 2.24) is 4.90 Å². The smallest absolute Gasteiger partial charge is 0.295 e. The van der Waals surface area contributed by atoms with Crippen molar-refractivity contribution in [2.75, 3.05) is 20.3 Å². The van der Waals surface area contributed by atoms with Crippen LogP contribution < -0.4 is 9.47 Å². The van der Waals surface area contributed by atoms with Crippen LogP contribution in [0.15, 0.2) is 66.2 Å². The molecule has 2 N–H and O–H groups in total. The van der Waals surface area contributed by atoms with Crippen LogP contribution in [0.4, 0.5) is 4.39 Å². The van der Waals surface area contributed by atoms with Gasteiger partial charge in [-0.2, -0.15) is 0 Å². The predicted octanol–water partition coefficient (Wildman–Crippen LogP) is 5.73. The highest BCUT2D eigenvalue weighted by Crippen LogP contribution is 2.42. The molecular formula is C31H32FNO6. The van der Waals surface area contributed by atoms with E-state index in [9.17, 15) is 24.2 Å². The molecule has 0 spiro atoms. The number of phenols is 1. The van der Waals surface area contributed by atoms with Crippen molar-refractivity contribution in [3.05, 3.63) is 94.3 Å². The zero-order chi connectivity index (χ0) is 28.3. The first kappa shape index (κ1) is 27.7. The van der Waals surface area contributed by atoms with Crippen LogP contribution in [-0.4, -0.2) is 47.1 Å². The number of hydrogen-bond donors (Lipinski definition) is 2. The van der Waals surface area contributed by atoms with Crippen LogP contribution in [0.1, 0.15) is 55.0 Å². The SMILES string of the molecule is CCOc1cc(C2/C(=C(\O)c3ccc(OC)c(C(C)C)c3)C(=O)C(=O)N2CCc2ccc(F)cc2)ccc1O. The van der Waals surface area contributed by atoms with E-state index in [0.29, 0.717) is 29.9 Å². The maximum absolute atomic E-state index is 13.4. The van der Waals surface area contributed by atoms with Crippen molar-refractivity contribution >= 4 is 17.4 Å². The van der Waals surface area contributed by atoms with Gasteiger partial charge < -0.3 is 24.6 Å². The van der Waals surface area contributed by atoms with E-state index in [0.717, 1.165) is 11.1 Å². The minimum absolute atomic E-state index is 0.0629. The van der Waals surface area contributed by atoms with Crippen molar-refractivity contribution in [2.24, 2.45) is 0 Å². The first-order chi connectivity index (χ1) is 18.7. The topological polar surface area (TPSA) is 96.3 Å². The van der Waals surface area contributed by atoms with Crippen molar-refractivity contribution in [3.63, 3.8) is 0 Å². The molecule has 0 radical (unpaired) electrons. The molecule has 1 heterocycles. The van der Waals surface area contributed by atoms with Crippen LogP contribution in [0.5, 0.6) is 17.2 Å². The summed E-state index contributed by atoms with van der Waals surface area (Å²) in [6.07, 6.45) is 0.361. The summed E-state index contributed by atoms with van der Waals surface area (Å²) in [5.74, 6) is -1.40. The average molecular weight is 534 g/mol. The van der Waals surface area contributed by atoms with Crippen LogP contribution in [0.3, 0.4) is 0 Å². The van der Waals surface area contributed by atoms with E-state index in [2.05, 4.69) is 0 Å². The summed E-state index contributed by atoms with van der Waals surface area (Å²) in [7, 11) is 1.56. The lowest BCUT2D eigenvalue weighted by Crippen LogP contribution is -2.31. The van der Waals surface area contributed by atoms with E-state index in [1.54, 1.807) is 56.5 Å². The van der Waals surface area contributed by atoms with E-state index in [-0.39, 0.29) is 41.1 Å². The number of amides is 1. The number of carbonyl (C=O) groups excluding carboxylic acids is 2.